The van der Waals surface area contributed by atoms with Gasteiger partial charge in [-0.25, -0.2) is 0 Å². The Kier molecular flexibility index (Phi) is 7.37. The minimum Gasteiger partial charge on any atom is -0.481 e. The second kappa shape index (κ2) is 9.81. The SMILES string of the molecule is C[C@@H](CCCC(C)(C)CC(=O)O)[C@H]1CC[C@@]2(C)[C@H]1CC[C@@H]1[C@@]3(CCC(=O)O)C4OC4C(=O)C(C)(C)C3CC[C@]12C. The predicted octanol–water partition coefficient (Wildman–Crippen LogP) is 7.38. The van der Waals surface area contributed by atoms with Crippen molar-refractivity contribution in [1.82, 2.24) is 0 Å². The van der Waals surface area contributed by atoms with Crippen LogP contribution in [0.1, 0.15) is 126 Å². The number of fused-ring (bicyclic) bond motifs is 7. The first-order valence-corrected chi connectivity index (χ1v) is 16.1. The average Bonchev–Trinajstić information content (AvgIpc) is 3.56. The van der Waals surface area contributed by atoms with Crippen LogP contribution in [-0.2, 0) is 19.1 Å². The van der Waals surface area contributed by atoms with E-state index in [4.69, 9.17) is 4.74 Å². The van der Waals surface area contributed by atoms with E-state index in [2.05, 4.69) is 48.5 Å². The maximum atomic E-state index is 13.4. The lowest BCUT2D eigenvalue weighted by atomic mass is 9.34. The number of Topliss-reactive ketones (excluding diaryl/α,β-unsaturated/α-hetero) is 1. The number of carbonyl (C=O) groups excluding carboxylic acids is 1. The van der Waals surface area contributed by atoms with Crippen LogP contribution in [0, 0.1) is 56.7 Å². The molecule has 1 aliphatic heterocycles. The number of carboxylic acid groups (broad SMARTS) is 2. The van der Waals surface area contributed by atoms with Gasteiger partial charge in [-0.1, -0.05) is 61.3 Å². The Hall–Kier alpha value is -1.43. The Morgan fingerprint density at radius 1 is 0.975 bits per heavy atom. The number of carboxylic acids is 2. The molecule has 40 heavy (non-hydrogen) atoms. The fourth-order valence-electron chi connectivity index (χ4n) is 11.7. The van der Waals surface area contributed by atoms with Crippen LogP contribution in [-0.4, -0.2) is 40.1 Å². The van der Waals surface area contributed by atoms with Crippen molar-refractivity contribution in [3.63, 3.8) is 0 Å². The zero-order chi connectivity index (χ0) is 29.5. The van der Waals surface area contributed by atoms with Crippen molar-refractivity contribution < 1.29 is 29.3 Å². The summed E-state index contributed by atoms with van der Waals surface area (Å²) in [4.78, 5) is 36.5. The summed E-state index contributed by atoms with van der Waals surface area (Å²) < 4.78 is 6.24. The summed E-state index contributed by atoms with van der Waals surface area (Å²) in [5.74, 6) is 1.31. The van der Waals surface area contributed by atoms with Crippen LogP contribution in [0.2, 0.25) is 0 Å². The lowest BCUT2D eigenvalue weighted by Gasteiger charge is -2.69. The highest BCUT2D eigenvalue weighted by Crippen LogP contribution is 2.78. The molecule has 6 nitrogen and oxygen atoms in total. The van der Waals surface area contributed by atoms with Gasteiger partial charge in [0.15, 0.2) is 5.78 Å². The first-order valence-electron chi connectivity index (χ1n) is 16.1. The molecule has 0 amide bonds. The van der Waals surface area contributed by atoms with E-state index in [1.807, 2.05) is 0 Å². The molecule has 0 bridgehead atoms. The molecule has 226 valence electrons. The quantitative estimate of drug-likeness (QED) is 0.271. The fraction of sp³-hybridized carbons (Fsp3) is 0.912. The van der Waals surface area contributed by atoms with Crippen molar-refractivity contribution in [3.8, 4) is 0 Å². The first-order chi connectivity index (χ1) is 18.5. The molecule has 5 rings (SSSR count). The Balaban J connectivity index is 1.38. The molecule has 2 N–H and O–H groups in total. The molecule has 1 saturated heterocycles. The highest BCUT2D eigenvalue weighted by atomic mass is 16.6. The molecule has 3 unspecified atom stereocenters. The summed E-state index contributed by atoms with van der Waals surface area (Å²) in [6.45, 7) is 15.9. The van der Waals surface area contributed by atoms with E-state index in [9.17, 15) is 24.6 Å². The van der Waals surface area contributed by atoms with Gasteiger partial charge >= 0.3 is 11.9 Å². The second-order valence-corrected chi connectivity index (χ2v) is 16.5. The van der Waals surface area contributed by atoms with Gasteiger partial charge in [-0.05, 0) is 97.2 Å². The van der Waals surface area contributed by atoms with Gasteiger partial charge in [0.2, 0.25) is 0 Å². The van der Waals surface area contributed by atoms with Crippen molar-refractivity contribution in [2.45, 2.75) is 138 Å². The smallest absolute Gasteiger partial charge is 0.303 e. The number of aliphatic carboxylic acids is 2. The second-order valence-electron chi connectivity index (χ2n) is 16.5. The van der Waals surface area contributed by atoms with Crippen LogP contribution in [0.25, 0.3) is 0 Å². The molecule has 6 heteroatoms. The lowest BCUT2D eigenvalue weighted by molar-refractivity contribution is -0.210. The zero-order valence-corrected chi connectivity index (χ0v) is 26.1. The lowest BCUT2D eigenvalue weighted by Crippen LogP contribution is -2.66. The summed E-state index contributed by atoms with van der Waals surface area (Å²) in [6, 6.07) is 0. The number of carbonyl (C=O) groups is 3. The van der Waals surface area contributed by atoms with Gasteiger partial charge in [0.25, 0.3) is 0 Å². The van der Waals surface area contributed by atoms with E-state index < -0.39 is 17.4 Å². The molecule has 4 aliphatic carbocycles. The number of hydrogen-bond donors (Lipinski definition) is 2. The monoisotopic (exact) mass is 558 g/mol. The van der Waals surface area contributed by atoms with Crippen molar-refractivity contribution in [3.05, 3.63) is 0 Å². The van der Waals surface area contributed by atoms with Crippen LogP contribution in [0.4, 0.5) is 0 Å². The van der Waals surface area contributed by atoms with E-state index in [0.29, 0.717) is 30.1 Å². The van der Waals surface area contributed by atoms with Crippen molar-refractivity contribution in [1.29, 1.82) is 0 Å². The van der Waals surface area contributed by atoms with Gasteiger partial charge in [-0.2, -0.15) is 0 Å². The maximum absolute atomic E-state index is 13.4. The third kappa shape index (κ3) is 4.40. The first kappa shape index (κ1) is 30.0. The molecule has 4 saturated carbocycles. The predicted molar refractivity (Wildman–Crippen MR) is 154 cm³/mol. The highest BCUT2D eigenvalue weighted by molar-refractivity contribution is 5.92. The normalized spacial score (nSPS) is 44.1. The van der Waals surface area contributed by atoms with E-state index in [0.717, 1.165) is 38.5 Å². The molecular weight excluding hydrogens is 504 g/mol. The van der Waals surface area contributed by atoms with Crippen LogP contribution in [0.5, 0.6) is 0 Å². The van der Waals surface area contributed by atoms with Gasteiger partial charge in [0.05, 0.1) is 12.5 Å². The van der Waals surface area contributed by atoms with E-state index in [-0.39, 0.29) is 58.4 Å². The molecule has 5 fully saturated rings. The molecule has 10 atom stereocenters. The van der Waals surface area contributed by atoms with E-state index in [1.165, 1.54) is 19.3 Å². The Labute approximate surface area is 241 Å². The molecule has 5 aliphatic rings. The molecule has 0 radical (unpaired) electrons. The molecular formula is C34H54O6. The Morgan fingerprint density at radius 2 is 1.65 bits per heavy atom. The van der Waals surface area contributed by atoms with Crippen molar-refractivity contribution in [2.24, 2.45) is 56.7 Å². The third-order valence-electron chi connectivity index (χ3n) is 13.9. The van der Waals surface area contributed by atoms with Gasteiger partial charge < -0.3 is 14.9 Å². The Morgan fingerprint density at radius 3 is 2.30 bits per heavy atom. The third-order valence-corrected chi connectivity index (χ3v) is 13.9. The number of ether oxygens (including phenoxy) is 1. The van der Waals surface area contributed by atoms with Crippen LogP contribution in [0.3, 0.4) is 0 Å². The highest BCUT2D eigenvalue weighted by Gasteiger charge is 2.77. The van der Waals surface area contributed by atoms with Gasteiger partial charge in [0.1, 0.15) is 6.10 Å². The van der Waals surface area contributed by atoms with E-state index >= 15 is 0 Å². The van der Waals surface area contributed by atoms with Gasteiger partial charge in [-0.15, -0.1) is 0 Å². The summed E-state index contributed by atoms with van der Waals surface area (Å²) in [6.07, 6.45) is 10.6. The number of hydrogen-bond acceptors (Lipinski definition) is 4. The zero-order valence-electron chi connectivity index (χ0n) is 26.1. The molecule has 0 aromatic heterocycles. The van der Waals surface area contributed by atoms with Crippen LogP contribution < -0.4 is 0 Å². The molecule has 1 heterocycles. The van der Waals surface area contributed by atoms with E-state index in [1.54, 1.807) is 0 Å². The van der Waals surface area contributed by atoms with Crippen molar-refractivity contribution >= 4 is 17.7 Å². The summed E-state index contributed by atoms with van der Waals surface area (Å²) in [5, 5.41) is 19.1. The summed E-state index contributed by atoms with van der Waals surface area (Å²) in [5.41, 5.74) is -0.566. The Bertz CT molecular complexity index is 1050. The number of ketones is 1. The number of rotatable bonds is 10. The average molecular weight is 559 g/mol. The molecule has 0 spiro atoms. The van der Waals surface area contributed by atoms with Crippen LogP contribution in [0.15, 0.2) is 0 Å². The van der Waals surface area contributed by atoms with Gasteiger partial charge in [0, 0.05) is 17.3 Å². The minimum atomic E-state index is -0.742. The number of epoxide rings is 1. The maximum Gasteiger partial charge on any atom is 0.303 e. The largest absolute Gasteiger partial charge is 0.481 e. The molecule has 0 aromatic rings. The standard InChI is InChI=1S/C34H54O6/c1-20(9-8-15-30(2,3)19-26(37)38)21-12-16-32(6)22(21)10-11-24-33(32,7)17-13-23-31(4,5)28(39)27-29(40-27)34(23,24)18-14-25(35)36/h20-24,27,29H,8-19H2,1-7H3,(H,35,36)(H,37,38)/t20-,21+,22-,23?,24-,27?,29?,32-,33+,34-/m0/s1. The minimum absolute atomic E-state index is 0.104. The fourth-order valence-corrected chi connectivity index (χ4v) is 11.7. The summed E-state index contributed by atoms with van der Waals surface area (Å²) in [7, 11) is 0. The van der Waals surface area contributed by atoms with Gasteiger partial charge in [-0.3, -0.25) is 14.4 Å². The topological polar surface area (TPSA) is 104 Å². The molecule has 0 aromatic carbocycles. The summed E-state index contributed by atoms with van der Waals surface area (Å²) >= 11 is 0. The van der Waals surface area contributed by atoms with Crippen molar-refractivity contribution in [2.75, 3.05) is 0 Å². The van der Waals surface area contributed by atoms with Crippen LogP contribution >= 0.6 is 0 Å².